The molecule has 2 saturated heterocycles. The Balaban J connectivity index is 1.46. The summed E-state index contributed by atoms with van der Waals surface area (Å²) >= 11 is 0. The fraction of sp³-hybridized carbons (Fsp3) is 0.636. The fourth-order valence-electron chi connectivity index (χ4n) is 5.49. The van der Waals surface area contributed by atoms with Crippen molar-refractivity contribution in [2.45, 2.75) is 55.7 Å². The highest BCUT2D eigenvalue weighted by atomic mass is 19.1. The summed E-state index contributed by atoms with van der Waals surface area (Å²) in [4.78, 5) is 26.9. The molecule has 8 heteroatoms. The van der Waals surface area contributed by atoms with Gasteiger partial charge in [-0.1, -0.05) is 6.07 Å². The maximum Gasteiger partial charge on any atom is 0.260 e. The number of nitrogens with one attached hydrogen (secondary N) is 1. The van der Waals surface area contributed by atoms with Crippen LogP contribution in [-0.4, -0.2) is 67.4 Å². The second-order valence-electron chi connectivity index (χ2n) is 8.80. The summed E-state index contributed by atoms with van der Waals surface area (Å²) in [7, 11) is 0. The maximum absolute atomic E-state index is 14.7. The van der Waals surface area contributed by atoms with Gasteiger partial charge in [0.25, 0.3) is 5.91 Å². The van der Waals surface area contributed by atoms with Gasteiger partial charge in [-0.25, -0.2) is 4.39 Å². The van der Waals surface area contributed by atoms with Crippen LogP contribution < -0.4 is 10.1 Å². The number of rotatable bonds is 0. The van der Waals surface area contributed by atoms with Crippen LogP contribution >= 0.6 is 0 Å². The summed E-state index contributed by atoms with van der Waals surface area (Å²) in [5, 5.41) is 3.07. The molecule has 1 aliphatic carbocycles. The maximum atomic E-state index is 14.7. The van der Waals surface area contributed by atoms with E-state index in [0.29, 0.717) is 37.5 Å². The minimum atomic E-state index is -0.633. The number of ether oxygens (including phenoxy) is 3. The van der Waals surface area contributed by atoms with Gasteiger partial charge >= 0.3 is 0 Å². The zero-order chi connectivity index (χ0) is 20.7. The van der Waals surface area contributed by atoms with Crippen LogP contribution in [0.5, 0.6) is 5.75 Å². The minimum Gasteiger partial charge on any atom is -0.483 e. The molecule has 162 valence electrons. The molecule has 2 atom stereocenters. The number of carbonyl (C=O) groups excluding carboxylic acids is 2. The first kappa shape index (κ1) is 19.8. The summed E-state index contributed by atoms with van der Waals surface area (Å²) in [5.74, 6) is -0.123. The first-order chi connectivity index (χ1) is 14.6. The Morgan fingerprint density at radius 1 is 1.13 bits per heavy atom. The SMILES string of the molecule is O=C1COCC2(CCN3C(=O)COc4cccc(F)c4C4CCC(CC4)OCC32)N1. The van der Waals surface area contributed by atoms with Crippen LogP contribution in [0.2, 0.25) is 0 Å². The van der Waals surface area contributed by atoms with E-state index in [1.54, 1.807) is 17.0 Å². The van der Waals surface area contributed by atoms with E-state index in [9.17, 15) is 14.0 Å². The van der Waals surface area contributed by atoms with E-state index < -0.39 is 5.54 Å². The predicted octanol–water partition coefficient (Wildman–Crippen LogP) is 1.75. The number of carbonyl (C=O) groups is 2. The molecule has 1 saturated carbocycles. The molecule has 5 aliphatic rings. The van der Waals surface area contributed by atoms with Gasteiger partial charge in [0, 0.05) is 12.1 Å². The molecule has 4 aliphatic heterocycles. The van der Waals surface area contributed by atoms with Crippen LogP contribution in [0.4, 0.5) is 4.39 Å². The fourth-order valence-corrected chi connectivity index (χ4v) is 5.49. The number of hydrogen-bond acceptors (Lipinski definition) is 5. The number of hydrogen-bond donors (Lipinski definition) is 1. The van der Waals surface area contributed by atoms with Crippen molar-refractivity contribution in [3.05, 3.63) is 29.6 Å². The summed E-state index contributed by atoms with van der Waals surface area (Å²) < 4.78 is 32.3. The molecule has 2 unspecified atom stereocenters. The smallest absolute Gasteiger partial charge is 0.260 e. The molecule has 1 aromatic carbocycles. The zero-order valence-corrected chi connectivity index (χ0v) is 16.9. The van der Waals surface area contributed by atoms with Crippen molar-refractivity contribution in [3.63, 3.8) is 0 Å². The van der Waals surface area contributed by atoms with Gasteiger partial charge in [0.2, 0.25) is 5.91 Å². The third-order valence-corrected chi connectivity index (χ3v) is 7.05. The van der Waals surface area contributed by atoms with Crippen molar-refractivity contribution in [1.82, 2.24) is 10.2 Å². The van der Waals surface area contributed by atoms with E-state index in [1.165, 1.54) is 6.07 Å². The number of fused-ring (bicyclic) bond motifs is 5. The second kappa shape index (κ2) is 7.81. The third-order valence-electron chi connectivity index (χ3n) is 7.05. The van der Waals surface area contributed by atoms with Gasteiger partial charge in [0.05, 0.1) is 30.9 Å². The molecule has 7 nitrogen and oxygen atoms in total. The molecule has 2 amide bonds. The van der Waals surface area contributed by atoms with Crippen molar-refractivity contribution in [3.8, 4) is 5.75 Å². The molecule has 0 radical (unpaired) electrons. The van der Waals surface area contributed by atoms with Crippen molar-refractivity contribution in [1.29, 1.82) is 0 Å². The van der Waals surface area contributed by atoms with Gasteiger partial charge in [-0.3, -0.25) is 9.59 Å². The Bertz CT molecular complexity index is 841. The van der Waals surface area contributed by atoms with E-state index in [2.05, 4.69) is 5.32 Å². The van der Waals surface area contributed by atoms with Crippen LogP contribution in [0, 0.1) is 5.82 Å². The summed E-state index contributed by atoms with van der Waals surface area (Å²) in [5.41, 5.74) is -0.0581. The lowest BCUT2D eigenvalue weighted by Crippen LogP contribution is -2.65. The van der Waals surface area contributed by atoms with E-state index in [0.717, 1.165) is 25.7 Å². The molecule has 0 aromatic heterocycles. The van der Waals surface area contributed by atoms with E-state index >= 15 is 0 Å². The van der Waals surface area contributed by atoms with Crippen LogP contribution in [0.15, 0.2) is 18.2 Å². The second-order valence-corrected chi connectivity index (χ2v) is 8.80. The topological polar surface area (TPSA) is 77.1 Å². The predicted molar refractivity (Wildman–Crippen MR) is 105 cm³/mol. The molecule has 4 heterocycles. The van der Waals surface area contributed by atoms with Gasteiger partial charge in [-0.15, -0.1) is 0 Å². The van der Waals surface area contributed by atoms with E-state index in [1.807, 2.05) is 0 Å². The highest BCUT2D eigenvalue weighted by Gasteiger charge is 2.52. The van der Waals surface area contributed by atoms with Gasteiger partial charge < -0.3 is 24.4 Å². The lowest BCUT2D eigenvalue weighted by atomic mass is 9.82. The Hall–Kier alpha value is -2.19. The molecule has 6 rings (SSSR count). The Morgan fingerprint density at radius 2 is 1.97 bits per heavy atom. The number of halogens is 1. The van der Waals surface area contributed by atoms with Gasteiger partial charge in [0.15, 0.2) is 6.61 Å². The number of morpholine rings is 1. The first-order valence-electron chi connectivity index (χ1n) is 10.8. The molecule has 1 aromatic rings. The monoisotopic (exact) mass is 418 g/mol. The summed E-state index contributed by atoms with van der Waals surface area (Å²) in [6.07, 6.45) is 3.96. The van der Waals surface area contributed by atoms with Crippen molar-refractivity contribution >= 4 is 11.8 Å². The lowest BCUT2D eigenvalue weighted by molar-refractivity contribution is -0.144. The summed E-state index contributed by atoms with van der Waals surface area (Å²) in [6, 6.07) is 4.50. The van der Waals surface area contributed by atoms with Gasteiger partial charge in [0.1, 0.15) is 18.2 Å². The number of amides is 2. The Morgan fingerprint density at radius 3 is 2.77 bits per heavy atom. The van der Waals surface area contributed by atoms with E-state index in [-0.39, 0.29) is 48.9 Å². The molecular weight excluding hydrogens is 391 g/mol. The Kier molecular flexibility index (Phi) is 5.14. The van der Waals surface area contributed by atoms with Gasteiger partial charge in [-0.2, -0.15) is 0 Å². The van der Waals surface area contributed by atoms with Crippen molar-refractivity contribution < 1.29 is 28.2 Å². The Labute approximate surface area is 174 Å². The van der Waals surface area contributed by atoms with Crippen LogP contribution in [-0.2, 0) is 19.1 Å². The summed E-state index contributed by atoms with van der Waals surface area (Å²) in [6.45, 7) is 1.06. The van der Waals surface area contributed by atoms with E-state index in [4.69, 9.17) is 14.2 Å². The van der Waals surface area contributed by atoms with Crippen LogP contribution in [0.1, 0.15) is 43.6 Å². The highest BCUT2D eigenvalue weighted by molar-refractivity contribution is 5.81. The largest absolute Gasteiger partial charge is 0.483 e. The average molecular weight is 418 g/mol. The molecule has 2 bridgehead atoms. The standard InChI is InChI=1S/C22H27FN2O5/c23-16-2-1-3-17-21(16)14-4-6-15(7-5-14)29-10-18-22(13-28-11-19(26)24-22)8-9-25(18)20(27)12-30-17/h1-3,14-15,18H,4-13H2,(H,24,26). The third kappa shape index (κ3) is 3.46. The molecule has 30 heavy (non-hydrogen) atoms. The quantitative estimate of drug-likeness (QED) is 0.695. The van der Waals surface area contributed by atoms with Crippen molar-refractivity contribution in [2.24, 2.45) is 0 Å². The molecule has 1 spiro atoms. The molecule has 1 N–H and O–H groups in total. The molecule has 3 fully saturated rings. The zero-order valence-electron chi connectivity index (χ0n) is 16.9. The van der Waals surface area contributed by atoms with Crippen LogP contribution in [0.25, 0.3) is 0 Å². The first-order valence-corrected chi connectivity index (χ1v) is 10.8. The average Bonchev–Trinajstić information content (AvgIpc) is 3.08. The van der Waals surface area contributed by atoms with Crippen molar-refractivity contribution in [2.75, 3.05) is 33.0 Å². The van der Waals surface area contributed by atoms with Crippen LogP contribution in [0.3, 0.4) is 0 Å². The lowest BCUT2D eigenvalue weighted by Gasteiger charge is -2.41. The minimum absolute atomic E-state index is 0.0404. The molecular formula is C22H27FN2O5. The number of benzene rings is 1. The normalized spacial score (nSPS) is 34.3. The highest BCUT2D eigenvalue weighted by Crippen LogP contribution is 2.41. The number of nitrogens with zero attached hydrogens (tertiary/aromatic N) is 1. The van der Waals surface area contributed by atoms with Gasteiger partial charge in [-0.05, 0) is 50.2 Å².